The number of carbonyl (C=O) groups is 1. The fraction of sp³-hybridized carbons (Fsp3) is 0.250. The molecule has 2 aromatic carbocycles. The van der Waals surface area contributed by atoms with Crippen LogP contribution in [0, 0.1) is 0 Å². The van der Waals surface area contributed by atoms with Crippen molar-refractivity contribution in [3.05, 3.63) is 60.5 Å². The van der Waals surface area contributed by atoms with Crippen molar-refractivity contribution in [1.29, 1.82) is 0 Å². The van der Waals surface area contributed by atoms with Gasteiger partial charge in [0.2, 0.25) is 17.7 Å². The maximum Gasteiger partial charge on any atom is 0.247 e. The van der Waals surface area contributed by atoms with E-state index in [2.05, 4.69) is 15.5 Å². The van der Waals surface area contributed by atoms with E-state index in [4.69, 9.17) is 13.9 Å². The number of para-hydroxylation sites is 1. The highest BCUT2D eigenvalue weighted by Gasteiger charge is 2.10. The fourth-order valence-corrected chi connectivity index (χ4v) is 2.40. The van der Waals surface area contributed by atoms with Crippen molar-refractivity contribution in [2.75, 3.05) is 13.7 Å². The number of hydrogen-bond donors (Lipinski definition) is 1. The predicted octanol–water partition coefficient (Wildman–Crippen LogP) is 3.22. The van der Waals surface area contributed by atoms with Gasteiger partial charge in [-0.2, -0.15) is 0 Å². The molecule has 0 radical (unpaired) electrons. The molecule has 1 amide bonds. The van der Waals surface area contributed by atoms with Gasteiger partial charge in [0.1, 0.15) is 11.5 Å². The minimum absolute atomic E-state index is 0.0900. The summed E-state index contributed by atoms with van der Waals surface area (Å²) < 4.78 is 16.3. The second kappa shape index (κ2) is 9.38. The lowest BCUT2D eigenvalue weighted by atomic mass is 10.2. The topological polar surface area (TPSA) is 86.5 Å². The Bertz CT molecular complexity index is 864. The van der Waals surface area contributed by atoms with Crippen LogP contribution in [0.1, 0.15) is 18.7 Å². The molecular formula is C20H21N3O4. The zero-order valence-electron chi connectivity index (χ0n) is 15.1. The van der Waals surface area contributed by atoms with Gasteiger partial charge in [0.25, 0.3) is 0 Å². The van der Waals surface area contributed by atoms with E-state index in [1.165, 1.54) is 0 Å². The zero-order valence-corrected chi connectivity index (χ0v) is 15.1. The summed E-state index contributed by atoms with van der Waals surface area (Å²) in [4.78, 5) is 11.9. The second-order valence-corrected chi connectivity index (χ2v) is 5.77. The molecule has 140 valence electrons. The van der Waals surface area contributed by atoms with E-state index in [1.807, 2.05) is 54.6 Å². The summed E-state index contributed by atoms with van der Waals surface area (Å²) in [5.74, 6) is 2.15. The number of carbonyl (C=O) groups excluding carboxylic acids is 1. The number of hydrogen-bond acceptors (Lipinski definition) is 6. The molecule has 0 bridgehead atoms. The number of methoxy groups -OCH3 is 1. The van der Waals surface area contributed by atoms with Crippen molar-refractivity contribution in [1.82, 2.24) is 15.5 Å². The largest absolute Gasteiger partial charge is 0.497 e. The molecule has 0 aliphatic heterocycles. The van der Waals surface area contributed by atoms with Gasteiger partial charge in [-0.1, -0.05) is 24.3 Å². The number of ether oxygens (including phenoxy) is 2. The molecule has 1 aromatic heterocycles. The van der Waals surface area contributed by atoms with Gasteiger partial charge in [-0.25, -0.2) is 0 Å². The molecule has 0 saturated carbocycles. The van der Waals surface area contributed by atoms with E-state index in [0.29, 0.717) is 37.0 Å². The van der Waals surface area contributed by atoms with E-state index < -0.39 is 0 Å². The molecule has 27 heavy (non-hydrogen) atoms. The molecule has 0 aliphatic rings. The van der Waals surface area contributed by atoms with Gasteiger partial charge in [0.15, 0.2) is 0 Å². The summed E-state index contributed by atoms with van der Waals surface area (Å²) in [5, 5.41) is 10.7. The Hall–Kier alpha value is -3.35. The first kappa shape index (κ1) is 18.4. The van der Waals surface area contributed by atoms with Crippen LogP contribution in [0.25, 0.3) is 11.5 Å². The van der Waals surface area contributed by atoms with Crippen LogP contribution in [0.3, 0.4) is 0 Å². The smallest absolute Gasteiger partial charge is 0.247 e. The Kier molecular flexibility index (Phi) is 6.40. The molecule has 3 rings (SSSR count). The molecule has 0 spiro atoms. The summed E-state index contributed by atoms with van der Waals surface area (Å²) >= 11 is 0. The number of aromatic nitrogens is 2. The molecule has 3 aromatic rings. The molecule has 0 atom stereocenters. The maximum absolute atomic E-state index is 11.9. The Balaban J connectivity index is 1.41. The van der Waals surface area contributed by atoms with Crippen LogP contribution in [0.4, 0.5) is 0 Å². The van der Waals surface area contributed by atoms with Gasteiger partial charge in [-0.15, -0.1) is 10.2 Å². The Morgan fingerprint density at radius 3 is 2.70 bits per heavy atom. The number of nitrogens with zero attached hydrogens (tertiary/aromatic N) is 2. The first-order valence-electron chi connectivity index (χ1n) is 8.66. The number of rotatable bonds is 9. The average molecular weight is 367 g/mol. The first-order valence-corrected chi connectivity index (χ1v) is 8.66. The van der Waals surface area contributed by atoms with Gasteiger partial charge >= 0.3 is 0 Å². The summed E-state index contributed by atoms with van der Waals surface area (Å²) in [6.07, 6.45) is 0.989. The van der Waals surface area contributed by atoms with Crippen molar-refractivity contribution < 1.29 is 18.7 Å². The minimum Gasteiger partial charge on any atom is -0.497 e. The Morgan fingerprint density at radius 2 is 1.89 bits per heavy atom. The number of amides is 1. The molecule has 7 nitrogen and oxygen atoms in total. The van der Waals surface area contributed by atoms with Crippen LogP contribution in [-0.4, -0.2) is 29.8 Å². The quantitative estimate of drug-likeness (QED) is 0.585. The molecule has 0 fully saturated rings. The first-order chi connectivity index (χ1) is 13.2. The third-order valence-corrected chi connectivity index (χ3v) is 3.78. The molecule has 0 saturated heterocycles. The summed E-state index contributed by atoms with van der Waals surface area (Å²) in [6, 6.07) is 16.9. The molecule has 0 unspecified atom stereocenters. The van der Waals surface area contributed by atoms with Gasteiger partial charge in [0.05, 0.1) is 20.3 Å². The third kappa shape index (κ3) is 5.57. The highest BCUT2D eigenvalue weighted by Crippen LogP contribution is 2.22. The van der Waals surface area contributed by atoms with Gasteiger partial charge in [-0.3, -0.25) is 4.79 Å². The van der Waals surface area contributed by atoms with Crippen molar-refractivity contribution in [3.63, 3.8) is 0 Å². The lowest BCUT2D eigenvalue weighted by Gasteiger charge is -2.05. The summed E-state index contributed by atoms with van der Waals surface area (Å²) in [7, 11) is 1.60. The second-order valence-electron chi connectivity index (χ2n) is 5.77. The van der Waals surface area contributed by atoms with E-state index >= 15 is 0 Å². The number of benzene rings is 2. The molecule has 7 heteroatoms. The minimum atomic E-state index is -0.0900. The van der Waals surface area contributed by atoms with Gasteiger partial charge in [0, 0.05) is 12.0 Å². The normalized spacial score (nSPS) is 10.4. The maximum atomic E-state index is 11.9. The van der Waals surface area contributed by atoms with Crippen LogP contribution >= 0.6 is 0 Å². The van der Waals surface area contributed by atoms with E-state index in [-0.39, 0.29) is 12.5 Å². The zero-order chi connectivity index (χ0) is 18.9. The van der Waals surface area contributed by atoms with E-state index in [1.54, 1.807) is 7.11 Å². The highest BCUT2D eigenvalue weighted by atomic mass is 16.5. The van der Waals surface area contributed by atoms with Crippen LogP contribution in [0.2, 0.25) is 0 Å². The van der Waals surface area contributed by atoms with Crippen molar-refractivity contribution in [3.8, 4) is 23.0 Å². The molecule has 1 N–H and O–H groups in total. The SMILES string of the molecule is COc1cccc(-c2nnc(CNC(=O)CCCOc3ccccc3)o2)c1. The summed E-state index contributed by atoms with van der Waals surface area (Å²) in [6.45, 7) is 0.674. The standard InChI is InChI=1S/C20H21N3O4/c1-25-17-10-5-7-15(13-17)20-23-22-19(27-20)14-21-18(24)11-6-12-26-16-8-3-2-4-9-16/h2-5,7-10,13H,6,11-12,14H2,1H3,(H,21,24). The van der Waals surface area contributed by atoms with Crippen molar-refractivity contribution in [2.45, 2.75) is 19.4 Å². The highest BCUT2D eigenvalue weighted by molar-refractivity contribution is 5.75. The van der Waals surface area contributed by atoms with Crippen LogP contribution < -0.4 is 14.8 Å². The van der Waals surface area contributed by atoms with Crippen molar-refractivity contribution >= 4 is 5.91 Å². The summed E-state index contributed by atoms with van der Waals surface area (Å²) in [5.41, 5.74) is 0.762. The Labute approximate surface area is 157 Å². The van der Waals surface area contributed by atoms with Gasteiger partial charge in [-0.05, 0) is 36.8 Å². The van der Waals surface area contributed by atoms with Crippen LogP contribution in [-0.2, 0) is 11.3 Å². The van der Waals surface area contributed by atoms with Crippen LogP contribution in [0.15, 0.2) is 59.0 Å². The van der Waals surface area contributed by atoms with Gasteiger partial charge < -0.3 is 19.2 Å². The lowest BCUT2D eigenvalue weighted by Crippen LogP contribution is -2.23. The lowest BCUT2D eigenvalue weighted by molar-refractivity contribution is -0.121. The van der Waals surface area contributed by atoms with Crippen LogP contribution in [0.5, 0.6) is 11.5 Å². The van der Waals surface area contributed by atoms with E-state index in [9.17, 15) is 4.79 Å². The van der Waals surface area contributed by atoms with Crippen molar-refractivity contribution in [2.24, 2.45) is 0 Å². The predicted molar refractivity (Wildman–Crippen MR) is 99.3 cm³/mol. The molecular weight excluding hydrogens is 346 g/mol. The number of nitrogens with one attached hydrogen (secondary N) is 1. The molecule has 1 heterocycles. The monoisotopic (exact) mass is 367 g/mol. The fourth-order valence-electron chi connectivity index (χ4n) is 2.40. The molecule has 0 aliphatic carbocycles. The third-order valence-electron chi connectivity index (χ3n) is 3.78. The van der Waals surface area contributed by atoms with E-state index in [0.717, 1.165) is 11.3 Å². The Morgan fingerprint density at radius 1 is 1.07 bits per heavy atom. The average Bonchev–Trinajstić information content (AvgIpc) is 3.20.